The quantitative estimate of drug-likeness (QED) is 0.134. The van der Waals surface area contributed by atoms with Crippen molar-refractivity contribution in [1.82, 2.24) is 4.98 Å². The number of aromatic nitrogens is 1. The zero-order chi connectivity index (χ0) is 40.5. The molecule has 0 fully saturated rings. The molecule has 6 heteroatoms. The van der Waals surface area contributed by atoms with E-state index in [2.05, 4.69) is 150 Å². The van der Waals surface area contributed by atoms with Gasteiger partial charge in [0, 0.05) is 28.2 Å². The van der Waals surface area contributed by atoms with Gasteiger partial charge in [-0.05, 0) is 121 Å². The summed E-state index contributed by atoms with van der Waals surface area (Å²) in [7, 11) is 3.46. The number of rotatable bonds is 11. The first kappa shape index (κ1) is 40.5. The Kier molecular flexibility index (Phi) is 11.4. The van der Waals surface area contributed by atoms with Crippen molar-refractivity contribution < 1.29 is 14.5 Å². The van der Waals surface area contributed by atoms with Crippen LogP contribution < -0.4 is 15.1 Å². The number of pyridine rings is 1. The van der Waals surface area contributed by atoms with Gasteiger partial charge in [0.15, 0.2) is 0 Å². The number of ether oxygens (including phenoxy) is 1. The molecule has 0 unspecified atom stereocenters. The predicted molar refractivity (Wildman–Crippen MR) is 236 cm³/mol. The van der Waals surface area contributed by atoms with Crippen LogP contribution in [-0.2, 0) is 15.5 Å². The lowest BCUT2D eigenvalue weighted by molar-refractivity contribution is -0.0893. The van der Waals surface area contributed by atoms with E-state index >= 15 is 0 Å². The SMILES string of the molecule is COc1ccccc1-c1cc(-c2cc(C(C)(C)C)cc(C(C)(C)C)c2)cc(-c2cc([B]OC(C)(C)C(C)(C)O)cc(N(c3ccccc3)c3ccccc3)c2)n1. The second-order valence-electron chi connectivity index (χ2n) is 17.8. The minimum Gasteiger partial charge on any atom is -0.496 e. The Labute approximate surface area is 335 Å². The lowest BCUT2D eigenvalue weighted by atomic mass is 9.78. The number of methoxy groups -OCH3 is 1. The Morgan fingerprint density at radius 2 is 1.05 bits per heavy atom. The molecule has 0 atom stereocenters. The molecule has 1 radical (unpaired) electrons. The minimum atomic E-state index is -1.09. The number of aliphatic hydroxyl groups is 1. The molecule has 0 saturated heterocycles. The van der Waals surface area contributed by atoms with Crippen molar-refractivity contribution in [1.29, 1.82) is 0 Å². The van der Waals surface area contributed by atoms with Crippen LogP contribution in [0.1, 0.15) is 80.4 Å². The van der Waals surface area contributed by atoms with E-state index in [0.29, 0.717) is 0 Å². The second kappa shape index (κ2) is 15.8. The number of hydrogen-bond donors (Lipinski definition) is 1. The normalized spacial score (nSPS) is 12.4. The topological polar surface area (TPSA) is 54.8 Å². The third-order valence-electron chi connectivity index (χ3n) is 10.7. The van der Waals surface area contributed by atoms with E-state index in [9.17, 15) is 5.11 Å². The molecular formula is C50H56BN2O3. The van der Waals surface area contributed by atoms with Crippen LogP contribution in [0.5, 0.6) is 5.75 Å². The highest BCUT2D eigenvalue weighted by Crippen LogP contribution is 2.40. The van der Waals surface area contributed by atoms with Gasteiger partial charge in [0.2, 0.25) is 0 Å². The highest BCUT2D eigenvalue weighted by atomic mass is 16.5. The molecule has 1 aromatic heterocycles. The van der Waals surface area contributed by atoms with Gasteiger partial charge in [-0.3, -0.25) is 0 Å². The van der Waals surface area contributed by atoms with Crippen molar-refractivity contribution in [2.75, 3.05) is 12.0 Å². The molecule has 0 aliphatic carbocycles. The van der Waals surface area contributed by atoms with E-state index in [1.165, 1.54) is 11.1 Å². The summed E-state index contributed by atoms with van der Waals surface area (Å²) in [5, 5.41) is 11.0. The van der Waals surface area contributed by atoms with E-state index in [1.807, 2.05) is 44.2 Å². The van der Waals surface area contributed by atoms with Crippen molar-refractivity contribution in [2.45, 2.75) is 91.3 Å². The fourth-order valence-electron chi connectivity index (χ4n) is 6.44. The molecule has 0 spiro atoms. The number of nitrogens with zero attached hydrogens (tertiary/aromatic N) is 2. The highest BCUT2D eigenvalue weighted by Gasteiger charge is 2.36. The zero-order valence-electron chi connectivity index (χ0n) is 34.9. The van der Waals surface area contributed by atoms with Gasteiger partial charge in [-0.1, -0.05) is 120 Å². The number of para-hydroxylation sites is 3. The van der Waals surface area contributed by atoms with Crippen LogP contribution in [0.25, 0.3) is 33.6 Å². The molecule has 6 rings (SSSR count). The summed E-state index contributed by atoms with van der Waals surface area (Å²) in [5.41, 5.74) is 9.96. The number of benzene rings is 5. The van der Waals surface area contributed by atoms with Gasteiger partial charge < -0.3 is 19.4 Å². The van der Waals surface area contributed by atoms with Crippen LogP contribution in [-0.4, -0.2) is 35.9 Å². The summed E-state index contributed by atoms with van der Waals surface area (Å²) in [5.74, 6) is 0.756. The van der Waals surface area contributed by atoms with Crippen molar-refractivity contribution in [3.8, 4) is 39.4 Å². The summed E-state index contributed by atoms with van der Waals surface area (Å²) in [4.78, 5) is 7.64. The van der Waals surface area contributed by atoms with Gasteiger partial charge in [-0.15, -0.1) is 0 Å². The maximum Gasteiger partial charge on any atom is 0.331 e. The molecule has 56 heavy (non-hydrogen) atoms. The van der Waals surface area contributed by atoms with Crippen LogP contribution in [0.3, 0.4) is 0 Å². The van der Waals surface area contributed by atoms with Gasteiger partial charge in [-0.25, -0.2) is 4.98 Å². The summed E-state index contributed by atoms with van der Waals surface area (Å²) in [6.07, 6.45) is 0. The summed E-state index contributed by atoms with van der Waals surface area (Å²) in [6.45, 7) is 21.0. The second-order valence-corrected chi connectivity index (χ2v) is 17.8. The van der Waals surface area contributed by atoms with Gasteiger partial charge in [0.25, 0.3) is 0 Å². The van der Waals surface area contributed by atoms with E-state index in [4.69, 9.17) is 14.4 Å². The first-order valence-corrected chi connectivity index (χ1v) is 19.5. The Hall–Kier alpha value is -5.17. The molecule has 0 bridgehead atoms. The van der Waals surface area contributed by atoms with Crippen LogP contribution in [0.2, 0.25) is 0 Å². The molecular weight excluding hydrogens is 687 g/mol. The van der Waals surface area contributed by atoms with Crippen LogP contribution >= 0.6 is 0 Å². The lowest BCUT2D eigenvalue weighted by Gasteiger charge is -2.37. The molecule has 5 nitrogen and oxygen atoms in total. The molecule has 0 amide bonds. The Morgan fingerprint density at radius 1 is 0.536 bits per heavy atom. The number of hydrogen-bond acceptors (Lipinski definition) is 5. The summed E-state index contributed by atoms with van der Waals surface area (Å²) >= 11 is 0. The molecule has 0 aliphatic rings. The van der Waals surface area contributed by atoms with Crippen molar-refractivity contribution in [2.24, 2.45) is 0 Å². The van der Waals surface area contributed by atoms with Gasteiger partial charge in [-0.2, -0.15) is 0 Å². The van der Waals surface area contributed by atoms with Crippen LogP contribution in [0.4, 0.5) is 17.1 Å². The van der Waals surface area contributed by atoms with E-state index in [-0.39, 0.29) is 10.8 Å². The number of anilines is 3. The zero-order valence-corrected chi connectivity index (χ0v) is 34.9. The maximum absolute atomic E-state index is 11.0. The average Bonchev–Trinajstić information content (AvgIpc) is 3.16. The first-order valence-electron chi connectivity index (χ1n) is 19.5. The molecule has 1 heterocycles. The fourth-order valence-corrected chi connectivity index (χ4v) is 6.44. The molecule has 0 aliphatic heterocycles. The van der Waals surface area contributed by atoms with Gasteiger partial charge >= 0.3 is 7.48 Å². The monoisotopic (exact) mass is 743 g/mol. The molecule has 5 aromatic carbocycles. The Bertz CT molecular complexity index is 2210. The minimum absolute atomic E-state index is 0.0499. The fraction of sp³-hybridized carbons (Fsp3) is 0.300. The Balaban J connectivity index is 1.64. The molecule has 0 saturated carbocycles. The highest BCUT2D eigenvalue weighted by molar-refractivity contribution is 6.47. The predicted octanol–water partition coefficient (Wildman–Crippen LogP) is 12.0. The van der Waals surface area contributed by atoms with Crippen molar-refractivity contribution in [3.63, 3.8) is 0 Å². The van der Waals surface area contributed by atoms with Crippen LogP contribution in [0, 0.1) is 0 Å². The first-order chi connectivity index (χ1) is 26.3. The molecule has 287 valence electrons. The Morgan fingerprint density at radius 3 is 1.59 bits per heavy atom. The van der Waals surface area contributed by atoms with E-state index in [1.54, 1.807) is 28.4 Å². The van der Waals surface area contributed by atoms with E-state index in [0.717, 1.165) is 61.9 Å². The van der Waals surface area contributed by atoms with Crippen molar-refractivity contribution in [3.05, 3.63) is 145 Å². The van der Waals surface area contributed by atoms with Crippen molar-refractivity contribution >= 4 is 30.0 Å². The van der Waals surface area contributed by atoms with Crippen LogP contribution in [0.15, 0.2) is 133 Å². The molecule has 6 aromatic rings. The molecule has 1 N–H and O–H groups in total. The summed E-state index contributed by atoms with van der Waals surface area (Å²) in [6, 6.07) is 46.6. The third kappa shape index (κ3) is 9.10. The standard InChI is InChI=1S/C50H56BN2O3/c1-47(2,3)37-26-34(27-38(32-37)48(4,5)6)35-30-44(52-45(31-35)43-24-18-19-25-46(43)55-11)36-28-39(51-56-50(9,10)49(7,8)54)33-42(29-36)53(40-20-14-12-15-21-40)41-22-16-13-17-23-41/h12-33,54H,1-11H3. The largest absolute Gasteiger partial charge is 0.496 e. The summed E-state index contributed by atoms with van der Waals surface area (Å²) < 4.78 is 12.3. The van der Waals surface area contributed by atoms with E-state index < -0.39 is 11.2 Å². The van der Waals surface area contributed by atoms with Gasteiger partial charge in [0.1, 0.15) is 5.75 Å². The third-order valence-corrected chi connectivity index (χ3v) is 10.7. The van der Waals surface area contributed by atoms with Gasteiger partial charge in [0.05, 0.1) is 29.7 Å². The lowest BCUT2D eigenvalue weighted by Crippen LogP contribution is -2.49. The smallest absolute Gasteiger partial charge is 0.331 e. The maximum atomic E-state index is 11.0. The average molecular weight is 744 g/mol.